The molecule has 2 fully saturated rings. The summed E-state index contributed by atoms with van der Waals surface area (Å²) >= 11 is 0. The predicted molar refractivity (Wildman–Crippen MR) is 137 cm³/mol. The van der Waals surface area contributed by atoms with Crippen molar-refractivity contribution in [3.63, 3.8) is 0 Å². The zero-order chi connectivity index (χ0) is 24.2. The van der Waals surface area contributed by atoms with Crippen molar-refractivity contribution in [2.24, 2.45) is 11.8 Å². The highest BCUT2D eigenvalue weighted by molar-refractivity contribution is 5.94. The topological polar surface area (TPSA) is 78.4 Å². The lowest BCUT2D eigenvalue weighted by atomic mass is 9.92. The molecule has 182 valence electrons. The van der Waals surface area contributed by atoms with Gasteiger partial charge >= 0.3 is 0 Å². The first-order valence-corrected chi connectivity index (χ1v) is 12.7. The Hall–Kier alpha value is -3.25. The lowest BCUT2D eigenvalue weighted by Gasteiger charge is -2.19. The second kappa shape index (κ2) is 10.6. The maximum atomic E-state index is 12.8. The summed E-state index contributed by atoms with van der Waals surface area (Å²) in [5.41, 5.74) is 3.87. The van der Waals surface area contributed by atoms with Gasteiger partial charge < -0.3 is 15.3 Å². The molecule has 6 nitrogen and oxygen atoms in total. The molecule has 0 bridgehead atoms. The summed E-state index contributed by atoms with van der Waals surface area (Å²) in [6.45, 7) is 0.537. The Balaban J connectivity index is 1.12. The van der Waals surface area contributed by atoms with E-state index in [1.807, 2.05) is 49.6 Å². The van der Waals surface area contributed by atoms with Gasteiger partial charge in [0, 0.05) is 43.8 Å². The van der Waals surface area contributed by atoms with Crippen molar-refractivity contribution in [3.05, 3.63) is 89.4 Å². The molecule has 35 heavy (non-hydrogen) atoms. The number of nitrogens with zero attached hydrogens (tertiary/aromatic N) is 3. The Morgan fingerprint density at radius 2 is 1.89 bits per heavy atom. The molecule has 0 spiro atoms. The van der Waals surface area contributed by atoms with Gasteiger partial charge in [0.1, 0.15) is 5.82 Å². The van der Waals surface area contributed by atoms with Crippen LogP contribution in [0, 0.1) is 11.8 Å². The largest absolute Gasteiger partial charge is 0.388 e. The molecule has 2 aliphatic carbocycles. The lowest BCUT2D eigenvalue weighted by Crippen LogP contribution is -2.26. The Morgan fingerprint density at radius 3 is 2.57 bits per heavy atom. The number of nitrogens with one attached hydrogen (secondary N) is 1. The Bertz CT molecular complexity index is 1110. The first kappa shape index (κ1) is 23.5. The molecule has 1 amide bonds. The van der Waals surface area contributed by atoms with E-state index < -0.39 is 6.10 Å². The van der Waals surface area contributed by atoms with Crippen LogP contribution in [0.15, 0.2) is 67.1 Å². The fourth-order valence-corrected chi connectivity index (χ4v) is 5.13. The van der Waals surface area contributed by atoms with Gasteiger partial charge in [0.05, 0.1) is 6.10 Å². The number of amides is 1. The van der Waals surface area contributed by atoms with E-state index in [2.05, 4.69) is 27.4 Å². The van der Waals surface area contributed by atoms with Gasteiger partial charge in [0.25, 0.3) is 5.91 Å². The second-order valence-electron chi connectivity index (χ2n) is 10.2. The van der Waals surface area contributed by atoms with Crippen LogP contribution in [0.5, 0.6) is 0 Å². The third kappa shape index (κ3) is 6.06. The zero-order valence-corrected chi connectivity index (χ0v) is 20.3. The van der Waals surface area contributed by atoms with E-state index >= 15 is 0 Å². The fraction of sp³-hybridized carbons (Fsp3) is 0.414. The molecule has 5 rings (SSSR count). The Kier molecular flexibility index (Phi) is 7.09. The SMILES string of the molecule is CN(Cc1cccnc1)C(=O)c1ccc(C[C@@H]2CC[C@H]([C@H](O)c3ccc(NC4CC4)nc3)C2)cc1. The number of aliphatic hydroxyl groups is 1. The Labute approximate surface area is 207 Å². The Morgan fingerprint density at radius 1 is 1.06 bits per heavy atom. The summed E-state index contributed by atoms with van der Waals surface area (Å²) in [4.78, 5) is 23.1. The van der Waals surface area contributed by atoms with Gasteiger partial charge in [-0.1, -0.05) is 24.3 Å². The van der Waals surface area contributed by atoms with Crippen LogP contribution in [0.1, 0.15) is 65.3 Å². The van der Waals surface area contributed by atoms with E-state index in [1.54, 1.807) is 17.3 Å². The van der Waals surface area contributed by atoms with Gasteiger partial charge in [-0.25, -0.2) is 4.98 Å². The van der Waals surface area contributed by atoms with E-state index in [-0.39, 0.29) is 11.8 Å². The van der Waals surface area contributed by atoms with Crippen molar-refractivity contribution in [1.29, 1.82) is 0 Å². The van der Waals surface area contributed by atoms with Crippen LogP contribution in [-0.2, 0) is 13.0 Å². The number of pyridine rings is 2. The molecule has 0 unspecified atom stereocenters. The number of hydrogen-bond donors (Lipinski definition) is 2. The number of hydrogen-bond acceptors (Lipinski definition) is 5. The van der Waals surface area contributed by atoms with Crippen LogP contribution in [-0.4, -0.2) is 39.0 Å². The molecular weight excluding hydrogens is 436 g/mol. The highest BCUT2D eigenvalue weighted by atomic mass is 16.3. The summed E-state index contributed by atoms with van der Waals surface area (Å²) < 4.78 is 0. The molecule has 3 aromatic rings. The summed E-state index contributed by atoms with van der Waals surface area (Å²) in [6.07, 6.45) is 11.5. The number of aromatic nitrogens is 2. The van der Waals surface area contributed by atoms with E-state index in [0.717, 1.165) is 42.6 Å². The minimum atomic E-state index is -0.460. The molecule has 2 aromatic heterocycles. The molecule has 2 saturated carbocycles. The number of aliphatic hydroxyl groups excluding tert-OH is 1. The first-order valence-electron chi connectivity index (χ1n) is 12.7. The van der Waals surface area contributed by atoms with Gasteiger partial charge in [0.15, 0.2) is 0 Å². The average molecular weight is 471 g/mol. The van der Waals surface area contributed by atoms with E-state index in [0.29, 0.717) is 24.1 Å². The van der Waals surface area contributed by atoms with Crippen molar-refractivity contribution in [3.8, 4) is 0 Å². The monoisotopic (exact) mass is 470 g/mol. The van der Waals surface area contributed by atoms with E-state index in [1.165, 1.54) is 18.4 Å². The second-order valence-corrected chi connectivity index (χ2v) is 10.2. The number of carbonyl (C=O) groups excluding carboxylic acids is 1. The fourth-order valence-electron chi connectivity index (χ4n) is 5.13. The predicted octanol–water partition coefficient (Wildman–Crippen LogP) is 5.02. The van der Waals surface area contributed by atoms with Gasteiger partial charge in [-0.05, 0) is 91.3 Å². The van der Waals surface area contributed by atoms with Gasteiger partial charge in [0.2, 0.25) is 0 Å². The van der Waals surface area contributed by atoms with Crippen LogP contribution in [0.3, 0.4) is 0 Å². The number of benzene rings is 1. The van der Waals surface area contributed by atoms with Crippen molar-refractivity contribution in [2.45, 2.75) is 57.2 Å². The molecule has 6 heteroatoms. The standard InChI is InChI=1S/C29H34N4O2/c1-33(19-22-3-2-14-30-17-22)29(35)23-7-4-20(5-8-23)15-21-6-9-24(16-21)28(34)25-10-13-27(31-18-25)32-26-11-12-26/h2-5,7-8,10,13-14,17-18,21,24,26,28,34H,6,9,11-12,15-16,19H2,1H3,(H,31,32)/t21-,24-,28-/m0/s1. The van der Waals surface area contributed by atoms with Crippen molar-refractivity contribution >= 4 is 11.7 Å². The quantitative estimate of drug-likeness (QED) is 0.459. The molecule has 0 radical (unpaired) electrons. The lowest BCUT2D eigenvalue weighted by molar-refractivity contribution is 0.0785. The van der Waals surface area contributed by atoms with Gasteiger partial charge in [-0.3, -0.25) is 9.78 Å². The molecular formula is C29H34N4O2. The minimum Gasteiger partial charge on any atom is -0.388 e. The van der Waals surface area contributed by atoms with E-state index in [9.17, 15) is 9.90 Å². The number of anilines is 1. The summed E-state index contributed by atoms with van der Waals surface area (Å²) in [5, 5.41) is 14.3. The van der Waals surface area contributed by atoms with Crippen LogP contribution in [0.4, 0.5) is 5.82 Å². The van der Waals surface area contributed by atoms with Gasteiger partial charge in [-0.2, -0.15) is 0 Å². The molecule has 1 aromatic carbocycles. The third-order valence-corrected chi connectivity index (χ3v) is 7.30. The molecule has 2 aliphatic rings. The smallest absolute Gasteiger partial charge is 0.253 e. The maximum absolute atomic E-state index is 12.8. The number of rotatable bonds is 9. The normalized spacial score (nSPS) is 20.4. The molecule has 2 N–H and O–H groups in total. The zero-order valence-electron chi connectivity index (χ0n) is 20.3. The summed E-state index contributed by atoms with van der Waals surface area (Å²) in [5.74, 6) is 1.73. The molecule has 3 atom stereocenters. The first-order chi connectivity index (χ1) is 17.0. The number of carbonyl (C=O) groups is 1. The van der Waals surface area contributed by atoms with E-state index in [4.69, 9.17) is 0 Å². The van der Waals surface area contributed by atoms with Crippen LogP contribution in [0.25, 0.3) is 0 Å². The summed E-state index contributed by atoms with van der Waals surface area (Å²) in [7, 11) is 1.82. The minimum absolute atomic E-state index is 0.0106. The molecule has 0 saturated heterocycles. The van der Waals surface area contributed by atoms with Crippen LogP contribution in [0.2, 0.25) is 0 Å². The van der Waals surface area contributed by atoms with Crippen molar-refractivity contribution in [2.75, 3.05) is 12.4 Å². The van der Waals surface area contributed by atoms with Crippen molar-refractivity contribution < 1.29 is 9.90 Å². The third-order valence-electron chi connectivity index (χ3n) is 7.30. The van der Waals surface area contributed by atoms with Gasteiger partial charge in [-0.15, -0.1) is 0 Å². The highest BCUT2D eigenvalue weighted by Crippen LogP contribution is 2.40. The highest BCUT2D eigenvalue weighted by Gasteiger charge is 2.31. The average Bonchev–Trinajstić information content (AvgIpc) is 3.59. The maximum Gasteiger partial charge on any atom is 0.253 e. The molecule has 0 aliphatic heterocycles. The van der Waals surface area contributed by atoms with Crippen LogP contribution < -0.4 is 5.32 Å². The van der Waals surface area contributed by atoms with Crippen molar-refractivity contribution in [1.82, 2.24) is 14.9 Å². The van der Waals surface area contributed by atoms with Crippen LogP contribution >= 0.6 is 0 Å². The molecule has 2 heterocycles. The summed E-state index contributed by atoms with van der Waals surface area (Å²) in [6, 6.07) is 16.4.